The maximum atomic E-state index is 12.9. The van der Waals surface area contributed by atoms with Crippen molar-refractivity contribution in [2.24, 2.45) is 0 Å². The number of ether oxygens (including phenoxy) is 1. The summed E-state index contributed by atoms with van der Waals surface area (Å²) in [7, 11) is 1.48. The van der Waals surface area contributed by atoms with Gasteiger partial charge in [-0.2, -0.15) is 0 Å². The molecule has 0 unspecified atom stereocenters. The van der Waals surface area contributed by atoms with Gasteiger partial charge < -0.3 is 9.84 Å². The summed E-state index contributed by atoms with van der Waals surface area (Å²) in [5.74, 6) is 0.120. The molecule has 13 heavy (non-hydrogen) atoms. The van der Waals surface area contributed by atoms with Gasteiger partial charge in [-0.1, -0.05) is 12.2 Å². The molecule has 0 amide bonds. The molecule has 0 saturated heterocycles. The van der Waals surface area contributed by atoms with Crippen LogP contribution in [0.25, 0.3) is 6.08 Å². The summed E-state index contributed by atoms with van der Waals surface area (Å²) in [6.07, 6.45) is 3.17. The van der Waals surface area contributed by atoms with Crippen LogP contribution in [0.3, 0.4) is 0 Å². The lowest BCUT2D eigenvalue weighted by atomic mass is 10.2. The molecular formula is C10H11FO2. The van der Waals surface area contributed by atoms with E-state index in [0.717, 1.165) is 0 Å². The van der Waals surface area contributed by atoms with Crippen molar-refractivity contribution in [3.8, 4) is 5.75 Å². The summed E-state index contributed by atoms with van der Waals surface area (Å²) in [6.45, 7) is -0.0567. The van der Waals surface area contributed by atoms with Gasteiger partial charge in [0.1, 0.15) is 11.6 Å². The van der Waals surface area contributed by atoms with Crippen molar-refractivity contribution >= 4 is 6.08 Å². The van der Waals surface area contributed by atoms with E-state index in [0.29, 0.717) is 11.3 Å². The van der Waals surface area contributed by atoms with Crippen molar-refractivity contribution in [3.05, 3.63) is 35.7 Å². The molecule has 0 aliphatic rings. The number of hydrogen-bond donors (Lipinski definition) is 1. The fourth-order valence-electron chi connectivity index (χ4n) is 0.987. The summed E-state index contributed by atoms with van der Waals surface area (Å²) in [5, 5.41) is 8.51. The second-order valence-corrected chi connectivity index (χ2v) is 2.51. The SMILES string of the molecule is COc1cc(F)cc(C=CCO)c1. The van der Waals surface area contributed by atoms with Crippen LogP contribution in [0.15, 0.2) is 24.3 Å². The van der Waals surface area contributed by atoms with E-state index in [2.05, 4.69) is 0 Å². The fourth-order valence-corrected chi connectivity index (χ4v) is 0.987. The van der Waals surface area contributed by atoms with Crippen LogP contribution in [0.4, 0.5) is 4.39 Å². The zero-order valence-electron chi connectivity index (χ0n) is 7.33. The minimum absolute atomic E-state index is 0.0567. The summed E-state index contributed by atoms with van der Waals surface area (Å²) in [5.41, 5.74) is 0.672. The van der Waals surface area contributed by atoms with Crippen molar-refractivity contribution in [1.29, 1.82) is 0 Å². The summed E-state index contributed by atoms with van der Waals surface area (Å²) in [4.78, 5) is 0. The highest BCUT2D eigenvalue weighted by Gasteiger charge is 1.97. The third-order valence-corrected chi connectivity index (χ3v) is 1.55. The lowest BCUT2D eigenvalue weighted by Crippen LogP contribution is -1.86. The van der Waals surface area contributed by atoms with E-state index < -0.39 is 0 Å². The second-order valence-electron chi connectivity index (χ2n) is 2.51. The van der Waals surface area contributed by atoms with Crippen molar-refractivity contribution in [2.75, 3.05) is 13.7 Å². The van der Waals surface area contributed by atoms with E-state index in [1.807, 2.05) is 0 Å². The summed E-state index contributed by atoms with van der Waals surface area (Å²) in [6, 6.07) is 4.36. The Hall–Kier alpha value is -1.35. The number of hydrogen-bond acceptors (Lipinski definition) is 2. The van der Waals surface area contributed by atoms with E-state index in [-0.39, 0.29) is 12.4 Å². The lowest BCUT2D eigenvalue weighted by Gasteiger charge is -2.01. The molecule has 0 atom stereocenters. The number of aliphatic hydroxyl groups excluding tert-OH is 1. The van der Waals surface area contributed by atoms with Gasteiger partial charge in [-0.05, 0) is 17.7 Å². The first-order valence-electron chi connectivity index (χ1n) is 3.88. The van der Waals surface area contributed by atoms with Gasteiger partial charge >= 0.3 is 0 Å². The molecule has 0 saturated carbocycles. The van der Waals surface area contributed by atoms with E-state index in [1.54, 1.807) is 12.1 Å². The van der Waals surface area contributed by atoms with Crippen LogP contribution >= 0.6 is 0 Å². The number of halogens is 1. The molecule has 1 rings (SSSR count). The zero-order chi connectivity index (χ0) is 9.68. The minimum atomic E-state index is -0.350. The van der Waals surface area contributed by atoms with Crippen LogP contribution in [-0.2, 0) is 0 Å². The molecule has 1 aromatic rings. The van der Waals surface area contributed by atoms with Crippen LogP contribution in [0, 0.1) is 5.82 Å². The Kier molecular flexibility index (Phi) is 3.46. The van der Waals surface area contributed by atoms with Crippen LogP contribution in [-0.4, -0.2) is 18.8 Å². The van der Waals surface area contributed by atoms with Crippen LogP contribution in [0.2, 0.25) is 0 Å². The number of aliphatic hydroxyl groups is 1. The maximum absolute atomic E-state index is 12.9. The van der Waals surface area contributed by atoms with Gasteiger partial charge in [0.05, 0.1) is 13.7 Å². The Morgan fingerprint density at radius 1 is 1.46 bits per heavy atom. The smallest absolute Gasteiger partial charge is 0.127 e. The minimum Gasteiger partial charge on any atom is -0.497 e. The highest BCUT2D eigenvalue weighted by molar-refractivity contribution is 5.51. The van der Waals surface area contributed by atoms with Gasteiger partial charge in [0.25, 0.3) is 0 Å². The average molecular weight is 182 g/mol. The van der Waals surface area contributed by atoms with Crippen molar-refractivity contribution in [3.63, 3.8) is 0 Å². The molecular weight excluding hydrogens is 171 g/mol. The Balaban J connectivity index is 2.94. The molecule has 70 valence electrons. The molecule has 3 heteroatoms. The molecule has 0 bridgehead atoms. The van der Waals surface area contributed by atoms with E-state index in [1.165, 1.54) is 25.3 Å². The predicted molar refractivity (Wildman–Crippen MR) is 49.1 cm³/mol. The zero-order valence-corrected chi connectivity index (χ0v) is 7.33. The Morgan fingerprint density at radius 3 is 2.85 bits per heavy atom. The Morgan fingerprint density at radius 2 is 2.23 bits per heavy atom. The second kappa shape index (κ2) is 4.62. The summed E-state index contributed by atoms with van der Waals surface area (Å²) >= 11 is 0. The average Bonchev–Trinajstić information content (AvgIpc) is 2.14. The fraction of sp³-hybridized carbons (Fsp3) is 0.200. The van der Waals surface area contributed by atoms with Crippen LogP contribution < -0.4 is 4.74 Å². The van der Waals surface area contributed by atoms with E-state index in [4.69, 9.17) is 9.84 Å². The number of rotatable bonds is 3. The lowest BCUT2D eigenvalue weighted by molar-refractivity contribution is 0.343. The maximum Gasteiger partial charge on any atom is 0.127 e. The number of benzene rings is 1. The normalized spacial score (nSPS) is 10.7. The molecule has 0 radical (unpaired) electrons. The van der Waals surface area contributed by atoms with Crippen molar-refractivity contribution < 1.29 is 14.2 Å². The molecule has 2 nitrogen and oxygen atoms in total. The van der Waals surface area contributed by atoms with Crippen molar-refractivity contribution in [1.82, 2.24) is 0 Å². The Bertz CT molecular complexity index is 308. The standard InChI is InChI=1S/C10H11FO2/c1-13-10-6-8(3-2-4-12)5-9(11)7-10/h2-3,5-7,12H,4H2,1H3. The first-order valence-corrected chi connectivity index (χ1v) is 3.88. The van der Waals surface area contributed by atoms with E-state index >= 15 is 0 Å². The van der Waals surface area contributed by atoms with Crippen molar-refractivity contribution in [2.45, 2.75) is 0 Å². The molecule has 0 fully saturated rings. The monoisotopic (exact) mass is 182 g/mol. The topological polar surface area (TPSA) is 29.5 Å². The predicted octanol–water partition coefficient (Wildman–Crippen LogP) is 1.84. The molecule has 0 spiro atoms. The van der Waals surface area contributed by atoms with Crippen LogP contribution in [0.1, 0.15) is 5.56 Å². The third-order valence-electron chi connectivity index (χ3n) is 1.55. The molecule has 0 aromatic heterocycles. The third kappa shape index (κ3) is 2.87. The molecule has 0 aliphatic heterocycles. The largest absolute Gasteiger partial charge is 0.497 e. The van der Waals surface area contributed by atoms with Gasteiger partial charge in [0, 0.05) is 6.07 Å². The highest BCUT2D eigenvalue weighted by atomic mass is 19.1. The van der Waals surface area contributed by atoms with Gasteiger partial charge in [-0.25, -0.2) is 4.39 Å². The highest BCUT2D eigenvalue weighted by Crippen LogP contribution is 2.16. The molecule has 1 aromatic carbocycles. The molecule has 1 N–H and O–H groups in total. The number of methoxy groups -OCH3 is 1. The van der Waals surface area contributed by atoms with Gasteiger partial charge in [0.15, 0.2) is 0 Å². The quantitative estimate of drug-likeness (QED) is 0.772. The molecule has 0 aliphatic carbocycles. The Labute approximate surface area is 76.3 Å². The van der Waals surface area contributed by atoms with E-state index in [9.17, 15) is 4.39 Å². The van der Waals surface area contributed by atoms with Gasteiger partial charge in [-0.3, -0.25) is 0 Å². The van der Waals surface area contributed by atoms with Crippen LogP contribution in [0.5, 0.6) is 5.75 Å². The first kappa shape index (κ1) is 9.74. The van der Waals surface area contributed by atoms with Gasteiger partial charge in [0.2, 0.25) is 0 Å². The van der Waals surface area contributed by atoms with Gasteiger partial charge in [-0.15, -0.1) is 0 Å². The first-order chi connectivity index (χ1) is 6.26. The molecule has 0 heterocycles. The summed E-state index contributed by atoms with van der Waals surface area (Å²) < 4.78 is 17.7.